The summed E-state index contributed by atoms with van der Waals surface area (Å²) in [5.41, 5.74) is 8.22. The third kappa shape index (κ3) is 7.54. The Balaban J connectivity index is 1.62. The zero-order chi connectivity index (χ0) is 34.1. The Labute approximate surface area is 274 Å². The second-order valence-corrected chi connectivity index (χ2v) is 10.9. The summed E-state index contributed by atoms with van der Waals surface area (Å²) in [5.74, 6) is 0.432. The number of nitrogens with one attached hydrogen (secondary N) is 1. The zero-order valence-corrected chi connectivity index (χ0v) is 25.9. The first-order valence-corrected chi connectivity index (χ1v) is 15.0. The van der Waals surface area contributed by atoms with E-state index in [0.717, 1.165) is 6.07 Å². The molecule has 0 spiro atoms. The maximum Gasteiger partial charge on any atom is 0.416 e. The number of methoxy groups -OCH3 is 1. The highest BCUT2D eigenvalue weighted by Gasteiger charge is 2.53. The molecule has 0 unspecified atom stereocenters. The number of ether oxygens (including phenoxy) is 3. The number of nitrogens with zero attached hydrogens (tertiary/aromatic N) is 4. The number of rotatable bonds is 13. The van der Waals surface area contributed by atoms with Crippen molar-refractivity contribution in [3.05, 3.63) is 135 Å². The first-order valence-electron chi connectivity index (χ1n) is 15.0. The maximum atomic E-state index is 14.5. The number of carbonyl (C=O) groups is 1. The van der Waals surface area contributed by atoms with Crippen LogP contribution in [0.25, 0.3) is 10.4 Å². The molecule has 48 heavy (non-hydrogen) atoms. The molecule has 1 aliphatic heterocycles. The van der Waals surface area contributed by atoms with Gasteiger partial charge in [-0.3, -0.25) is 4.79 Å². The van der Waals surface area contributed by atoms with Gasteiger partial charge in [-0.2, -0.15) is 13.2 Å². The minimum Gasteiger partial charge on any atom is -0.497 e. The molecule has 2 N–H and O–H groups in total. The van der Waals surface area contributed by atoms with E-state index in [-0.39, 0.29) is 30.2 Å². The zero-order valence-electron chi connectivity index (χ0n) is 25.9. The highest BCUT2D eigenvalue weighted by molar-refractivity contribution is 6.01. The molecule has 13 heteroatoms. The Morgan fingerprint density at radius 2 is 1.75 bits per heavy atom. The van der Waals surface area contributed by atoms with Crippen molar-refractivity contribution in [3.63, 3.8) is 0 Å². The highest BCUT2D eigenvalue weighted by atomic mass is 19.4. The van der Waals surface area contributed by atoms with Gasteiger partial charge in [-0.05, 0) is 64.7 Å². The van der Waals surface area contributed by atoms with E-state index in [1.807, 2.05) is 0 Å². The Morgan fingerprint density at radius 3 is 2.46 bits per heavy atom. The fourth-order valence-electron chi connectivity index (χ4n) is 5.46. The van der Waals surface area contributed by atoms with Gasteiger partial charge in [0.05, 0.1) is 19.3 Å². The summed E-state index contributed by atoms with van der Waals surface area (Å²) in [4.78, 5) is 22.4. The number of carbonyl (C=O) groups excluding carboxylic acids is 1. The van der Waals surface area contributed by atoms with E-state index in [1.54, 1.807) is 72.8 Å². The van der Waals surface area contributed by atoms with Crippen LogP contribution >= 0.6 is 0 Å². The molecule has 4 aromatic carbocycles. The van der Waals surface area contributed by atoms with Gasteiger partial charge in [-0.1, -0.05) is 59.7 Å². The molecule has 4 aromatic rings. The first kappa shape index (κ1) is 33.8. The van der Waals surface area contributed by atoms with Gasteiger partial charge < -0.3 is 24.6 Å². The number of hydrogen-bond donors (Lipinski definition) is 2. The smallest absolute Gasteiger partial charge is 0.416 e. The van der Waals surface area contributed by atoms with Gasteiger partial charge >= 0.3 is 6.18 Å². The lowest BCUT2D eigenvalue weighted by atomic mass is 9.81. The van der Waals surface area contributed by atoms with E-state index in [1.165, 1.54) is 25.3 Å². The second-order valence-electron chi connectivity index (χ2n) is 10.9. The van der Waals surface area contributed by atoms with Crippen LogP contribution in [0, 0.1) is 0 Å². The van der Waals surface area contributed by atoms with Gasteiger partial charge in [0.25, 0.3) is 5.91 Å². The van der Waals surface area contributed by atoms with Crippen LogP contribution in [-0.2, 0) is 28.7 Å². The van der Waals surface area contributed by atoms with Crippen LogP contribution in [0.4, 0.5) is 18.9 Å². The van der Waals surface area contributed by atoms with E-state index in [4.69, 9.17) is 24.3 Å². The molecule has 0 bridgehead atoms. The number of hydrogen-bond acceptors (Lipinski definition) is 7. The molecule has 0 saturated carbocycles. The topological polar surface area (TPSA) is 138 Å². The maximum absolute atomic E-state index is 14.5. The standard InChI is InChI=1S/C35H32F3N5O5/c1-46-28-11-6-10-24(20-28)31-34(21-25-8-3-5-13-30(25)42-43-39,33(45)40-22-26-9-2-4-12-29(26)35(36,37)38)41-32(48-31)23-14-16-27(17-15-23)47-19-7-18-44/h2-6,8-17,20,31,44H,7,18-19,21-22H2,1H3,(H,40,45)/t31-,34-/m1/s1. The first-order chi connectivity index (χ1) is 23.2. The second kappa shape index (κ2) is 14.9. The number of aliphatic hydroxyl groups is 1. The van der Waals surface area contributed by atoms with Crippen molar-refractivity contribution in [3.8, 4) is 11.5 Å². The minimum absolute atomic E-state index is 0.0108. The molecule has 1 aliphatic rings. The van der Waals surface area contributed by atoms with Gasteiger partial charge in [-0.25, -0.2) is 4.99 Å². The van der Waals surface area contributed by atoms with E-state index >= 15 is 0 Å². The number of amides is 1. The normalized spacial score (nSPS) is 17.1. The largest absolute Gasteiger partial charge is 0.497 e. The molecular formula is C35H32F3N5O5. The molecule has 1 heterocycles. The van der Waals surface area contributed by atoms with Crippen molar-refractivity contribution >= 4 is 17.5 Å². The molecule has 0 aromatic heterocycles. The summed E-state index contributed by atoms with van der Waals surface area (Å²) in [5, 5.41) is 15.6. The van der Waals surface area contributed by atoms with Crippen LogP contribution in [0.3, 0.4) is 0 Å². The van der Waals surface area contributed by atoms with Crippen LogP contribution in [0.15, 0.2) is 107 Å². The third-order valence-electron chi connectivity index (χ3n) is 7.79. The van der Waals surface area contributed by atoms with Crippen molar-refractivity contribution in [2.24, 2.45) is 10.1 Å². The van der Waals surface area contributed by atoms with E-state index in [0.29, 0.717) is 41.2 Å². The average Bonchev–Trinajstić information content (AvgIpc) is 3.49. The molecule has 0 saturated heterocycles. The minimum atomic E-state index is -4.63. The van der Waals surface area contributed by atoms with E-state index < -0.39 is 35.8 Å². The molecule has 1 amide bonds. The number of alkyl halides is 3. The van der Waals surface area contributed by atoms with Gasteiger partial charge in [0.1, 0.15) is 11.5 Å². The van der Waals surface area contributed by atoms with Gasteiger partial charge in [-0.15, -0.1) is 0 Å². The molecular weight excluding hydrogens is 627 g/mol. The lowest BCUT2D eigenvalue weighted by Gasteiger charge is -2.31. The average molecular weight is 660 g/mol. The summed E-state index contributed by atoms with van der Waals surface area (Å²) >= 11 is 0. The van der Waals surface area contributed by atoms with Crippen molar-refractivity contribution < 1.29 is 37.3 Å². The lowest BCUT2D eigenvalue weighted by molar-refractivity contribution is -0.138. The Kier molecular flexibility index (Phi) is 10.5. The van der Waals surface area contributed by atoms with Crippen LogP contribution in [0.5, 0.6) is 11.5 Å². The van der Waals surface area contributed by atoms with E-state index in [2.05, 4.69) is 15.3 Å². The van der Waals surface area contributed by atoms with Crippen molar-refractivity contribution in [1.82, 2.24) is 5.32 Å². The number of azide groups is 1. The lowest BCUT2D eigenvalue weighted by Crippen LogP contribution is -2.49. The summed E-state index contributed by atoms with van der Waals surface area (Å²) in [6.07, 6.45) is -5.39. The van der Waals surface area contributed by atoms with Gasteiger partial charge in [0.15, 0.2) is 11.6 Å². The molecule has 0 radical (unpaired) electrons. The summed E-state index contributed by atoms with van der Waals surface area (Å²) in [6, 6.07) is 25.4. The van der Waals surface area contributed by atoms with Crippen molar-refractivity contribution in [2.75, 3.05) is 20.3 Å². The molecule has 0 aliphatic carbocycles. The van der Waals surface area contributed by atoms with Crippen LogP contribution < -0.4 is 14.8 Å². The molecule has 5 rings (SSSR count). The SMILES string of the molecule is COc1cccc([C@H]2OC(c3ccc(OCCCO)cc3)=N[C@@]2(Cc2ccccc2N=[N+]=[N-])C(=O)NCc2ccccc2C(F)(F)F)c1. The van der Waals surface area contributed by atoms with Crippen LogP contribution in [-0.4, -0.2) is 42.8 Å². The van der Waals surface area contributed by atoms with Crippen LogP contribution in [0.2, 0.25) is 0 Å². The van der Waals surface area contributed by atoms with Crippen molar-refractivity contribution in [1.29, 1.82) is 0 Å². The Bertz CT molecular complexity index is 1830. The number of halogens is 3. The van der Waals surface area contributed by atoms with E-state index in [9.17, 15) is 23.5 Å². The van der Waals surface area contributed by atoms with Gasteiger partial charge in [0.2, 0.25) is 5.90 Å². The monoisotopic (exact) mass is 659 g/mol. The third-order valence-corrected chi connectivity index (χ3v) is 7.79. The van der Waals surface area contributed by atoms with Gasteiger partial charge in [0, 0.05) is 42.2 Å². The number of aliphatic hydroxyl groups excluding tert-OH is 1. The Hall–Kier alpha value is -5.52. The quantitative estimate of drug-likeness (QED) is 0.0675. The number of benzene rings is 4. The molecule has 10 nitrogen and oxygen atoms in total. The summed E-state index contributed by atoms with van der Waals surface area (Å²) in [7, 11) is 1.49. The fourth-order valence-corrected chi connectivity index (χ4v) is 5.46. The molecule has 2 atom stereocenters. The highest BCUT2D eigenvalue weighted by Crippen LogP contribution is 2.44. The molecule has 248 valence electrons. The predicted molar refractivity (Wildman–Crippen MR) is 172 cm³/mol. The van der Waals surface area contributed by atoms with Crippen molar-refractivity contribution in [2.45, 2.75) is 37.2 Å². The predicted octanol–water partition coefficient (Wildman–Crippen LogP) is 7.23. The fraction of sp³-hybridized carbons (Fsp3) is 0.257. The van der Waals surface area contributed by atoms with Crippen LogP contribution in [0.1, 0.15) is 40.3 Å². The summed E-state index contributed by atoms with van der Waals surface area (Å²) in [6.45, 7) is -0.135. The molecule has 0 fully saturated rings. The Morgan fingerprint density at radius 1 is 1.02 bits per heavy atom. The summed E-state index contributed by atoms with van der Waals surface area (Å²) < 4.78 is 59.1. The number of aliphatic imine (C=N–C) groups is 1.